The van der Waals surface area contributed by atoms with Gasteiger partial charge in [-0.2, -0.15) is 0 Å². The van der Waals surface area contributed by atoms with Gasteiger partial charge in [-0.3, -0.25) is 4.79 Å². The molecule has 0 saturated carbocycles. The van der Waals surface area contributed by atoms with Gasteiger partial charge in [0.15, 0.2) is 0 Å². The van der Waals surface area contributed by atoms with Crippen molar-refractivity contribution in [1.82, 2.24) is 0 Å². The Morgan fingerprint density at radius 3 is 2.17 bits per heavy atom. The molecule has 3 atom stereocenters. The van der Waals surface area contributed by atoms with Crippen LogP contribution in [0.25, 0.3) is 0 Å². The summed E-state index contributed by atoms with van der Waals surface area (Å²) in [6.07, 6.45) is 8.32. The molecule has 0 aliphatic heterocycles. The lowest BCUT2D eigenvalue weighted by Gasteiger charge is -2.17. The van der Waals surface area contributed by atoms with Crippen LogP contribution < -0.4 is 0 Å². The van der Waals surface area contributed by atoms with E-state index < -0.39 is 0 Å². The molecular weight excluding hydrogens is 224 g/mol. The van der Waals surface area contributed by atoms with Crippen LogP contribution >= 0.6 is 0 Å². The summed E-state index contributed by atoms with van der Waals surface area (Å²) in [6, 6.07) is 0. The second-order valence-electron chi connectivity index (χ2n) is 6.05. The molecule has 2 nitrogen and oxygen atoms in total. The van der Waals surface area contributed by atoms with E-state index in [1.807, 2.05) is 0 Å². The lowest BCUT2D eigenvalue weighted by atomic mass is 9.89. The Morgan fingerprint density at radius 1 is 1.00 bits per heavy atom. The third kappa shape index (κ3) is 9.49. The summed E-state index contributed by atoms with van der Waals surface area (Å²) >= 11 is 0. The fraction of sp³-hybridized carbons (Fsp3) is 0.938. The van der Waals surface area contributed by atoms with E-state index >= 15 is 0 Å². The number of ether oxygens (including phenoxy) is 1. The SMILES string of the molecule is CCC[C@@H](C)CCC[C@@H](C)C[C@@H](C)CC(=O)OC. The quantitative estimate of drug-likeness (QED) is 0.524. The molecule has 0 aliphatic rings. The predicted molar refractivity (Wildman–Crippen MR) is 77.5 cm³/mol. The van der Waals surface area contributed by atoms with Gasteiger partial charge in [0, 0.05) is 6.42 Å². The lowest BCUT2D eigenvalue weighted by molar-refractivity contribution is -0.141. The Balaban J connectivity index is 3.63. The van der Waals surface area contributed by atoms with Gasteiger partial charge < -0.3 is 4.74 Å². The van der Waals surface area contributed by atoms with E-state index in [9.17, 15) is 4.79 Å². The summed E-state index contributed by atoms with van der Waals surface area (Å²) in [5, 5.41) is 0. The topological polar surface area (TPSA) is 26.3 Å². The highest BCUT2D eigenvalue weighted by molar-refractivity contribution is 5.69. The highest BCUT2D eigenvalue weighted by Gasteiger charge is 2.13. The van der Waals surface area contributed by atoms with E-state index in [1.54, 1.807) is 0 Å². The molecule has 0 unspecified atom stereocenters. The molecule has 0 aromatic carbocycles. The van der Waals surface area contributed by atoms with Gasteiger partial charge in [-0.25, -0.2) is 0 Å². The van der Waals surface area contributed by atoms with Gasteiger partial charge >= 0.3 is 5.97 Å². The minimum absolute atomic E-state index is 0.0775. The van der Waals surface area contributed by atoms with Crippen LogP contribution in [0.15, 0.2) is 0 Å². The van der Waals surface area contributed by atoms with Gasteiger partial charge in [0.2, 0.25) is 0 Å². The Labute approximate surface area is 113 Å². The van der Waals surface area contributed by atoms with Crippen molar-refractivity contribution in [2.75, 3.05) is 7.11 Å². The zero-order chi connectivity index (χ0) is 14.0. The minimum atomic E-state index is -0.0775. The van der Waals surface area contributed by atoms with E-state index in [4.69, 9.17) is 4.74 Å². The van der Waals surface area contributed by atoms with Crippen molar-refractivity contribution in [2.24, 2.45) is 17.8 Å². The fourth-order valence-corrected chi connectivity index (χ4v) is 2.71. The molecule has 0 aromatic rings. The van der Waals surface area contributed by atoms with E-state index in [1.165, 1.54) is 39.2 Å². The molecule has 0 spiro atoms. The number of hydrogen-bond donors (Lipinski definition) is 0. The Morgan fingerprint density at radius 2 is 1.61 bits per heavy atom. The zero-order valence-corrected chi connectivity index (χ0v) is 13.0. The van der Waals surface area contributed by atoms with Crippen LogP contribution in [0.2, 0.25) is 0 Å². The van der Waals surface area contributed by atoms with Crippen molar-refractivity contribution in [2.45, 2.75) is 72.6 Å². The predicted octanol–water partition coefficient (Wildman–Crippen LogP) is 4.82. The van der Waals surface area contributed by atoms with Gasteiger partial charge in [0.25, 0.3) is 0 Å². The molecule has 0 saturated heterocycles. The Bertz CT molecular complexity index is 213. The standard InChI is InChI=1S/C16H32O2/c1-6-8-13(2)9-7-10-14(3)11-15(4)12-16(17)18-5/h13-15H,6-12H2,1-5H3/t13-,14-,15-/m1/s1. The third-order valence-corrected chi connectivity index (χ3v) is 3.72. The highest BCUT2D eigenvalue weighted by atomic mass is 16.5. The summed E-state index contributed by atoms with van der Waals surface area (Å²) in [6.45, 7) is 9.06. The van der Waals surface area contributed by atoms with E-state index in [0.29, 0.717) is 12.3 Å². The van der Waals surface area contributed by atoms with Crippen LogP contribution in [0.3, 0.4) is 0 Å². The van der Waals surface area contributed by atoms with Crippen molar-refractivity contribution in [3.8, 4) is 0 Å². The van der Waals surface area contributed by atoms with E-state index in [-0.39, 0.29) is 5.97 Å². The van der Waals surface area contributed by atoms with Gasteiger partial charge in [-0.15, -0.1) is 0 Å². The first kappa shape index (κ1) is 17.5. The monoisotopic (exact) mass is 256 g/mol. The molecule has 0 amide bonds. The first-order valence-electron chi connectivity index (χ1n) is 7.56. The third-order valence-electron chi connectivity index (χ3n) is 3.72. The normalized spacial score (nSPS) is 16.1. The molecule has 2 heteroatoms. The van der Waals surface area contributed by atoms with Gasteiger partial charge in [0.05, 0.1) is 7.11 Å². The molecule has 0 bridgehead atoms. The van der Waals surface area contributed by atoms with Crippen LogP contribution in [0, 0.1) is 17.8 Å². The first-order valence-corrected chi connectivity index (χ1v) is 7.56. The summed E-state index contributed by atoms with van der Waals surface area (Å²) in [4.78, 5) is 11.2. The fourth-order valence-electron chi connectivity index (χ4n) is 2.71. The Hall–Kier alpha value is -0.530. The maximum atomic E-state index is 11.2. The number of methoxy groups -OCH3 is 1. The number of carbonyl (C=O) groups is 1. The number of carbonyl (C=O) groups excluding carboxylic acids is 1. The van der Waals surface area contributed by atoms with Crippen LogP contribution in [-0.4, -0.2) is 13.1 Å². The summed E-state index contributed by atoms with van der Waals surface area (Å²) in [5.41, 5.74) is 0. The molecule has 0 rings (SSSR count). The van der Waals surface area contributed by atoms with E-state index in [2.05, 4.69) is 27.7 Å². The number of hydrogen-bond acceptors (Lipinski definition) is 2. The van der Waals surface area contributed by atoms with Crippen molar-refractivity contribution >= 4 is 5.97 Å². The van der Waals surface area contributed by atoms with Gasteiger partial charge in [-0.05, 0) is 24.2 Å². The molecule has 0 radical (unpaired) electrons. The molecule has 18 heavy (non-hydrogen) atoms. The summed E-state index contributed by atoms with van der Waals surface area (Å²) < 4.78 is 4.70. The average molecular weight is 256 g/mol. The second-order valence-corrected chi connectivity index (χ2v) is 6.05. The minimum Gasteiger partial charge on any atom is -0.469 e. The van der Waals surface area contributed by atoms with Crippen LogP contribution in [-0.2, 0) is 9.53 Å². The molecule has 108 valence electrons. The highest BCUT2D eigenvalue weighted by Crippen LogP contribution is 2.22. The lowest BCUT2D eigenvalue weighted by Crippen LogP contribution is -2.10. The molecule has 0 N–H and O–H groups in total. The van der Waals surface area contributed by atoms with Gasteiger partial charge in [0.1, 0.15) is 0 Å². The first-order chi connectivity index (χ1) is 8.49. The van der Waals surface area contributed by atoms with Crippen LogP contribution in [0.5, 0.6) is 0 Å². The van der Waals surface area contributed by atoms with Crippen LogP contribution in [0.4, 0.5) is 0 Å². The van der Waals surface area contributed by atoms with Crippen molar-refractivity contribution in [3.05, 3.63) is 0 Å². The zero-order valence-electron chi connectivity index (χ0n) is 13.0. The molecular formula is C16H32O2. The Kier molecular flexibility index (Phi) is 10.1. The molecule has 0 heterocycles. The maximum absolute atomic E-state index is 11.2. The largest absolute Gasteiger partial charge is 0.469 e. The number of esters is 1. The summed E-state index contributed by atoms with van der Waals surface area (Å²) in [7, 11) is 1.47. The average Bonchev–Trinajstić information content (AvgIpc) is 2.28. The molecule has 0 aromatic heterocycles. The maximum Gasteiger partial charge on any atom is 0.305 e. The second kappa shape index (κ2) is 10.4. The summed E-state index contributed by atoms with van der Waals surface area (Å²) in [5.74, 6) is 1.96. The molecule has 0 aliphatic carbocycles. The van der Waals surface area contributed by atoms with Crippen molar-refractivity contribution < 1.29 is 9.53 Å². The van der Waals surface area contributed by atoms with Crippen molar-refractivity contribution in [1.29, 1.82) is 0 Å². The smallest absolute Gasteiger partial charge is 0.305 e. The van der Waals surface area contributed by atoms with Crippen LogP contribution in [0.1, 0.15) is 72.6 Å². The molecule has 0 fully saturated rings. The van der Waals surface area contributed by atoms with Crippen molar-refractivity contribution in [3.63, 3.8) is 0 Å². The number of rotatable bonds is 10. The van der Waals surface area contributed by atoms with Gasteiger partial charge in [-0.1, -0.05) is 59.8 Å². The van der Waals surface area contributed by atoms with E-state index in [0.717, 1.165) is 18.3 Å².